The highest BCUT2D eigenvalue weighted by Crippen LogP contribution is 2.52. The Hall–Kier alpha value is -3.49. The lowest BCUT2D eigenvalue weighted by atomic mass is 9.78. The molecule has 0 fully saturated rings. The smallest absolute Gasteiger partial charge is 0.0775 e. The molecular formula is C37H39NSi. The van der Waals surface area contributed by atoms with Crippen molar-refractivity contribution in [2.24, 2.45) is 0 Å². The van der Waals surface area contributed by atoms with Gasteiger partial charge in [-0.3, -0.25) is 4.98 Å². The molecule has 1 aliphatic carbocycles. The highest BCUT2D eigenvalue weighted by atomic mass is 28.3. The highest BCUT2D eigenvalue weighted by Gasteiger charge is 2.38. The summed E-state index contributed by atoms with van der Waals surface area (Å²) in [6, 6.07) is 32.0. The van der Waals surface area contributed by atoms with Crippen LogP contribution in [-0.4, -0.2) is 13.1 Å². The van der Waals surface area contributed by atoms with Gasteiger partial charge in [0.1, 0.15) is 0 Å². The van der Waals surface area contributed by atoms with Crippen LogP contribution in [0.3, 0.4) is 0 Å². The molecule has 6 rings (SSSR count). The van der Waals surface area contributed by atoms with E-state index in [0.29, 0.717) is 0 Å². The van der Waals surface area contributed by atoms with Crippen molar-refractivity contribution in [2.45, 2.75) is 65.1 Å². The van der Waals surface area contributed by atoms with Crippen LogP contribution in [0.2, 0.25) is 19.6 Å². The van der Waals surface area contributed by atoms with Gasteiger partial charge in [-0.05, 0) is 79.4 Å². The number of hydrogen-bond acceptors (Lipinski definition) is 1. The summed E-state index contributed by atoms with van der Waals surface area (Å²) in [6.45, 7) is 18.9. The van der Waals surface area contributed by atoms with Gasteiger partial charge in [0.15, 0.2) is 0 Å². The van der Waals surface area contributed by atoms with Gasteiger partial charge < -0.3 is 0 Å². The quantitative estimate of drug-likeness (QED) is 0.214. The van der Waals surface area contributed by atoms with Crippen LogP contribution in [0.25, 0.3) is 44.3 Å². The molecule has 39 heavy (non-hydrogen) atoms. The Bertz CT molecular complexity index is 1730. The summed E-state index contributed by atoms with van der Waals surface area (Å²) in [5, 5.41) is 4.10. The second kappa shape index (κ2) is 8.76. The molecule has 0 bridgehead atoms. The van der Waals surface area contributed by atoms with E-state index in [9.17, 15) is 0 Å². The summed E-state index contributed by atoms with van der Waals surface area (Å²) in [5.74, 6) is 0. The number of fused-ring (bicyclic) bond motifs is 4. The summed E-state index contributed by atoms with van der Waals surface area (Å²) in [7, 11) is -1.32. The highest BCUT2D eigenvalue weighted by molar-refractivity contribution is 6.88. The largest absolute Gasteiger partial charge is 0.256 e. The van der Waals surface area contributed by atoms with E-state index < -0.39 is 8.07 Å². The fourth-order valence-corrected chi connectivity index (χ4v) is 7.55. The Balaban J connectivity index is 1.50. The first-order valence-corrected chi connectivity index (χ1v) is 17.6. The molecule has 1 aromatic heterocycles. The lowest BCUT2D eigenvalue weighted by Gasteiger charge is -2.26. The Labute approximate surface area is 235 Å². The van der Waals surface area contributed by atoms with Gasteiger partial charge in [0, 0.05) is 17.2 Å². The molecule has 1 aliphatic rings. The maximum Gasteiger partial charge on any atom is 0.0775 e. The normalized spacial score (nSPS) is 14.4. The van der Waals surface area contributed by atoms with Gasteiger partial charge in [-0.15, -0.1) is 0 Å². The predicted octanol–water partition coefficient (Wildman–Crippen LogP) is 9.72. The maximum atomic E-state index is 5.05. The van der Waals surface area contributed by atoms with Crippen molar-refractivity contribution >= 4 is 24.0 Å². The average molecular weight is 526 g/mol. The van der Waals surface area contributed by atoms with Crippen LogP contribution in [0.5, 0.6) is 0 Å². The van der Waals surface area contributed by atoms with E-state index in [1.54, 1.807) is 0 Å². The molecule has 0 spiro atoms. The van der Waals surface area contributed by atoms with E-state index in [0.717, 1.165) is 5.69 Å². The Morgan fingerprint density at radius 2 is 1.38 bits per heavy atom. The molecule has 1 nitrogen and oxygen atoms in total. The molecule has 0 N–H and O–H groups in total. The second-order valence-corrected chi connectivity index (χ2v) is 18.9. The van der Waals surface area contributed by atoms with Crippen LogP contribution >= 0.6 is 0 Å². The third-order valence-electron chi connectivity index (χ3n) is 8.59. The summed E-state index contributed by atoms with van der Waals surface area (Å²) < 4.78 is 0. The number of rotatable bonds is 3. The van der Waals surface area contributed by atoms with Crippen molar-refractivity contribution in [3.8, 4) is 33.5 Å². The van der Waals surface area contributed by atoms with Crippen molar-refractivity contribution < 1.29 is 0 Å². The molecule has 1 heterocycles. The molecule has 4 aromatic carbocycles. The summed E-state index contributed by atoms with van der Waals surface area (Å²) in [5.41, 5.74) is 11.5. The Kier molecular flexibility index (Phi) is 5.79. The van der Waals surface area contributed by atoms with Gasteiger partial charge >= 0.3 is 0 Å². The first-order chi connectivity index (χ1) is 18.4. The molecule has 2 heteroatoms. The lowest BCUT2D eigenvalue weighted by molar-refractivity contribution is 0.596. The Morgan fingerprint density at radius 1 is 0.692 bits per heavy atom. The molecule has 0 amide bonds. The molecule has 0 saturated carbocycles. The SMILES string of the molecule is CC(C)(C)c1cc(-c2nccc3c2C(C)(C)c2cc(-c4ccc([Si](C)(C)C)cc4)ccc2-3)cc2ccccc12. The van der Waals surface area contributed by atoms with Crippen molar-refractivity contribution in [3.05, 3.63) is 108 Å². The van der Waals surface area contributed by atoms with Crippen LogP contribution in [0.15, 0.2) is 91.1 Å². The molecular weight excluding hydrogens is 487 g/mol. The van der Waals surface area contributed by atoms with E-state index in [1.165, 1.54) is 60.5 Å². The molecule has 0 atom stereocenters. The summed E-state index contributed by atoms with van der Waals surface area (Å²) in [6.07, 6.45) is 1.99. The van der Waals surface area contributed by atoms with Crippen molar-refractivity contribution in [3.63, 3.8) is 0 Å². The molecule has 0 radical (unpaired) electrons. The predicted molar refractivity (Wildman–Crippen MR) is 172 cm³/mol. The number of aromatic nitrogens is 1. The molecule has 0 saturated heterocycles. The zero-order chi connectivity index (χ0) is 27.7. The van der Waals surface area contributed by atoms with Crippen molar-refractivity contribution in [2.75, 3.05) is 0 Å². The first-order valence-electron chi connectivity index (χ1n) is 14.1. The van der Waals surface area contributed by atoms with Crippen LogP contribution in [0.4, 0.5) is 0 Å². The lowest BCUT2D eigenvalue weighted by Crippen LogP contribution is -2.37. The van der Waals surface area contributed by atoms with Gasteiger partial charge in [-0.25, -0.2) is 0 Å². The van der Waals surface area contributed by atoms with Crippen LogP contribution in [0.1, 0.15) is 51.3 Å². The summed E-state index contributed by atoms with van der Waals surface area (Å²) in [4.78, 5) is 5.05. The summed E-state index contributed by atoms with van der Waals surface area (Å²) >= 11 is 0. The monoisotopic (exact) mass is 525 g/mol. The van der Waals surface area contributed by atoms with E-state index in [1.807, 2.05) is 6.20 Å². The van der Waals surface area contributed by atoms with Crippen LogP contribution in [-0.2, 0) is 10.8 Å². The van der Waals surface area contributed by atoms with Crippen LogP contribution in [0, 0.1) is 0 Å². The van der Waals surface area contributed by atoms with Gasteiger partial charge in [-0.1, -0.05) is 120 Å². The topological polar surface area (TPSA) is 12.9 Å². The fraction of sp³-hybridized carbons (Fsp3) is 0.270. The van der Waals surface area contributed by atoms with E-state index in [2.05, 4.69) is 139 Å². The zero-order valence-electron chi connectivity index (χ0n) is 24.6. The maximum absolute atomic E-state index is 5.05. The van der Waals surface area contributed by atoms with E-state index in [-0.39, 0.29) is 10.8 Å². The molecule has 5 aromatic rings. The van der Waals surface area contributed by atoms with Gasteiger partial charge in [0.05, 0.1) is 13.8 Å². The third kappa shape index (κ3) is 4.26. The van der Waals surface area contributed by atoms with Crippen molar-refractivity contribution in [1.29, 1.82) is 0 Å². The minimum absolute atomic E-state index is 0.0337. The van der Waals surface area contributed by atoms with Crippen LogP contribution < -0.4 is 5.19 Å². The molecule has 196 valence electrons. The minimum atomic E-state index is -1.32. The van der Waals surface area contributed by atoms with Gasteiger partial charge in [-0.2, -0.15) is 0 Å². The molecule has 0 unspecified atom stereocenters. The van der Waals surface area contributed by atoms with Gasteiger partial charge in [0.2, 0.25) is 0 Å². The second-order valence-electron chi connectivity index (χ2n) is 13.8. The number of benzene rings is 4. The van der Waals surface area contributed by atoms with E-state index in [4.69, 9.17) is 4.98 Å². The van der Waals surface area contributed by atoms with E-state index >= 15 is 0 Å². The number of pyridine rings is 1. The standard InChI is InChI=1S/C37H39NSi/c1-36(2,3)32-23-27(21-26-11-9-10-12-29(26)32)35-34-31(19-20-38-35)30-18-15-25(22-33(30)37(34,4)5)24-13-16-28(17-14-24)39(6,7)8/h9-23H,1-8H3. The van der Waals surface area contributed by atoms with Crippen molar-refractivity contribution in [1.82, 2.24) is 4.98 Å². The first kappa shape index (κ1) is 25.8. The number of hydrogen-bond donors (Lipinski definition) is 0. The van der Waals surface area contributed by atoms with Gasteiger partial charge in [0.25, 0.3) is 0 Å². The number of nitrogens with zero attached hydrogens (tertiary/aromatic N) is 1. The average Bonchev–Trinajstić information content (AvgIpc) is 3.13. The zero-order valence-corrected chi connectivity index (χ0v) is 25.6. The fourth-order valence-electron chi connectivity index (χ4n) is 6.38. The molecule has 0 aliphatic heterocycles. The third-order valence-corrected chi connectivity index (χ3v) is 10.7. The minimum Gasteiger partial charge on any atom is -0.256 e. The Morgan fingerprint density at radius 3 is 2.08 bits per heavy atom.